The molecule has 1 heterocycles. The Morgan fingerprint density at radius 1 is 1.56 bits per heavy atom. The number of thiazole rings is 1. The molecule has 0 aliphatic carbocycles. The summed E-state index contributed by atoms with van der Waals surface area (Å²) in [6.45, 7) is 0.667. The zero-order chi connectivity index (χ0) is 11.5. The fourth-order valence-corrected chi connectivity index (χ4v) is 3.00. The maximum absolute atomic E-state index is 6.04. The summed E-state index contributed by atoms with van der Waals surface area (Å²) in [6.07, 6.45) is 0.803. The molecule has 86 valence electrons. The van der Waals surface area contributed by atoms with E-state index in [-0.39, 0.29) is 6.04 Å². The second kappa shape index (κ2) is 5.23. The van der Waals surface area contributed by atoms with Gasteiger partial charge in [0.25, 0.3) is 0 Å². The summed E-state index contributed by atoms with van der Waals surface area (Å²) in [4.78, 5) is 4.52. The average molecular weight is 301 g/mol. The number of benzene rings is 1. The highest BCUT2D eigenvalue weighted by molar-refractivity contribution is 9.10. The van der Waals surface area contributed by atoms with Gasteiger partial charge >= 0.3 is 0 Å². The van der Waals surface area contributed by atoms with Crippen LogP contribution < -0.4 is 5.73 Å². The van der Waals surface area contributed by atoms with Gasteiger partial charge in [0.15, 0.2) is 0 Å². The molecule has 16 heavy (non-hydrogen) atoms. The molecule has 0 fully saturated rings. The van der Waals surface area contributed by atoms with Crippen LogP contribution in [0.5, 0.6) is 0 Å². The Hall–Kier alpha value is -0.490. The fraction of sp³-hybridized carbons (Fsp3) is 0.364. The molecule has 1 aromatic heterocycles. The Morgan fingerprint density at radius 2 is 2.38 bits per heavy atom. The van der Waals surface area contributed by atoms with Crippen molar-refractivity contribution in [3.05, 3.63) is 27.7 Å². The lowest BCUT2D eigenvalue weighted by Crippen LogP contribution is -2.12. The third-order valence-electron chi connectivity index (χ3n) is 2.32. The summed E-state index contributed by atoms with van der Waals surface area (Å²) in [5.41, 5.74) is 7.05. The number of nitrogens with zero attached hydrogens (tertiary/aromatic N) is 1. The summed E-state index contributed by atoms with van der Waals surface area (Å²) < 4.78 is 7.25. The zero-order valence-electron chi connectivity index (χ0n) is 8.94. The Morgan fingerprint density at radius 3 is 3.12 bits per heavy atom. The highest BCUT2D eigenvalue weighted by Gasteiger charge is 2.11. The first-order valence-corrected chi connectivity index (χ1v) is 6.62. The van der Waals surface area contributed by atoms with E-state index < -0.39 is 0 Å². The summed E-state index contributed by atoms with van der Waals surface area (Å²) in [5.74, 6) is 0. The maximum Gasteiger partial charge on any atom is 0.111 e. The van der Waals surface area contributed by atoms with Crippen molar-refractivity contribution in [1.82, 2.24) is 4.98 Å². The second-order valence-electron chi connectivity index (χ2n) is 3.55. The quantitative estimate of drug-likeness (QED) is 0.944. The van der Waals surface area contributed by atoms with Gasteiger partial charge in [0.1, 0.15) is 5.01 Å². The Labute approximate surface area is 107 Å². The van der Waals surface area contributed by atoms with E-state index in [0.717, 1.165) is 26.1 Å². The molecule has 0 spiro atoms. The third kappa shape index (κ3) is 2.60. The normalized spacial score (nSPS) is 13.2. The monoisotopic (exact) mass is 300 g/mol. The van der Waals surface area contributed by atoms with Crippen LogP contribution in [0.25, 0.3) is 10.2 Å². The number of hydrogen-bond acceptors (Lipinski definition) is 4. The molecule has 0 aliphatic heterocycles. The maximum atomic E-state index is 6.04. The van der Waals surface area contributed by atoms with E-state index in [0.29, 0.717) is 6.61 Å². The molecular weight excluding hydrogens is 288 g/mol. The van der Waals surface area contributed by atoms with E-state index in [1.807, 2.05) is 12.1 Å². The van der Waals surface area contributed by atoms with E-state index >= 15 is 0 Å². The SMILES string of the molecule is COCCC(N)c1nc2ccc(Br)cc2s1. The van der Waals surface area contributed by atoms with Crippen LogP contribution in [0, 0.1) is 0 Å². The summed E-state index contributed by atoms with van der Waals surface area (Å²) in [5, 5.41) is 0.977. The minimum atomic E-state index is -0.0314. The van der Waals surface area contributed by atoms with Crippen LogP contribution >= 0.6 is 27.3 Å². The van der Waals surface area contributed by atoms with Gasteiger partial charge in [-0.15, -0.1) is 11.3 Å². The molecule has 0 saturated heterocycles. The first-order chi connectivity index (χ1) is 7.70. The number of methoxy groups -OCH3 is 1. The van der Waals surface area contributed by atoms with E-state index in [4.69, 9.17) is 10.5 Å². The third-order valence-corrected chi connectivity index (χ3v) is 3.96. The molecular formula is C11H13BrN2OS. The number of fused-ring (bicyclic) bond motifs is 1. The van der Waals surface area contributed by atoms with Crippen LogP contribution in [0.1, 0.15) is 17.5 Å². The number of nitrogens with two attached hydrogens (primary N) is 1. The van der Waals surface area contributed by atoms with Gasteiger partial charge in [-0.1, -0.05) is 15.9 Å². The lowest BCUT2D eigenvalue weighted by atomic mass is 10.2. The van der Waals surface area contributed by atoms with E-state index in [1.165, 1.54) is 0 Å². The minimum Gasteiger partial charge on any atom is -0.385 e. The van der Waals surface area contributed by atoms with Crippen molar-refractivity contribution in [2.24, 2.45) is 5.73 Å². The molecule has 0 radical (unpaired) electrons. The molecule has 0 bridgehead atoms. The highest BCUT2D eigenvalue weighted by Crippen LogP contribution is 2.28. The molecule has 1 atom stereocenters. The van der Waals surface area contributed by atoms with Crippen LogP contribution in [-0.4, -0.2) is 18.7 Å². The lowest BCUT2D eigenvalue weighted by Gasteiger charge is -2.06. The van der Waals surface area contributed by atoms with Crippen molar-refractivity contribution in [1.29, 1.82) is 0 Å². The zero-order valence-corrected chi connectivity index (χ0v) is 11.3. The smallest absolute Gasteiger partial charge is 0.111 e. The summed E-state index contributed by atoms with van der Waals surface area (Å²) in [7, 11) is 1.68. The molecule has 0 amide bonds. The predicted molar refractivity (Wildman–Crippen MR) is 70.7 cm³/mol. The molecule has 0 aliphatic rings. The number of hydrogen-bond donors (Lipinski definition) is 1. The molecule has 5 heteroatoms. The molecule has 3 nitrogen and oxygen atoms in total. The van der Waals surface area contributed by atoms with Crippen molar-refractivity contribution < 1.29 is 4.74 Å². The van der Waals surface area contributed by atoms with Gasteiger partial charge in [-0.25, -0.2) is 4.98 Å². The molecule has 2 rings (SSSR count). The lowest BCUT2D eigenvalue weighted by molar-refractivity contribution is 0.188. The van der Waals surface area contributed by atoms with Crippen molar-refractivity contribution in [2.45, 2.75) is 12.5 Å². The molecule has 0 saturated carbocycles. The van der Waals surface area contributed by atoms with Crippen molar-refractivity contribution in [3.8, 4) is 0 Å². The van der Waals surface area contributed by atoms with E-state index in [1.54, 1.807) is 18.4 Å². The summed E-state index contributed by atoms with van der Waals surface area (Å²) in [6, 6.07) is 6.03. The topological polar surface area (TPSA) is 48.1 Å². The van der Waals surface area contributed by atoms with E-state index in [9.17, 15) is 0 Å². The molecule has 2 N–H and O–H groups in total. The van der Waals surface area contributed by atoms with Crippen LogP contribution in [-0.2, 0) is 4.74 Å². The Balaban J connectivity index is 2.25. The Bertz CT molecular complexity index is 486. The fourth-order valence-electron chi connectivity index (χ4n) is 1.44. The molecule has 1 aromatic carbocycles. The van der Waals surface area contributed by atoms with Crippen molar-refractivity contribution >= 4 is 37.5 Å². The largest absolute Gasteiger partial charge is 0.385 e. The average Bonchev–Trinajstić information content (AvgIpc) is 2.68. The van der Waals surface area contributed by atoms with Crippen LogP contribution in [0.2, 0.25) is 0 Å². The number of rotatable bonds is 4. The molecule has 1 unspecified atom stereocenters. The van der Waals surface area contributed by atoms with Crippen LogP contribution in [0.15, 0.2) is 22.7 Å². The van der Waals surface area contributed by atoms with Gasteiger partial charge in [-0.2, -0.15) is 0 Å². The minimum absolute atomic E-state index is 0.0314. The highest BCUT2D eigenvalue weighted by atomic mass is 79.9. The van der Waals surface area contributed by atoms with Crippen molar-refractivity contribution in [3.63, 3.8) is 0 Å². The second-order valence-corrected chi connectivity index (χ2v) is 5.53. The van der Waals surface area contributed by atoms with E-state index in [2.05, 4.69) is 27.0 Å². The standard InChI is InChI=1S/C11H13BrN2OS/c1-15-5-4-8(13)11-14-9-3-2-7(12)6-10(9)16-11/h2-3,6,8H,4-5,13H2,1H3. The van der Waals surface area contributed by atoms with Crippen LogP contribution in [0.3, 0.4) is 0 Å². The number of aromatic nitrogens is 1. The van der Waals surface area contributed by atoms with Crippen LogP contribution in [0.4, 0.5) is 0 Å². The van der Waals surface area contributed by atoms with Gasteiger partial charge in [0.2, 0.25) is 0 Å². The predicted octanol–water partition coefficient (Wildman–Crippen LogP) is 3.10. The molecule has 2 aromatic rings. The van der Waals surface area contributed by atoms with Gasteiger partial charge in [-0.05, 0) is 24.6 Å². The Kier molecular flexibility index (Phi) is 3.91. The van der Waals surface area contributed by atoms with Gasteiger partial charge in [0, 0.05) is 18.2 Å². The van der Waals surface area contributed by atoms with Gasteiger partial charge < -0.3 is 10.5 Å². The first-order valence-electron chi connectivity index (χ1n) is 5.01. The van der Waals surface area contributed by atoms with Crippen molar-refractivity contribution in [2.75, 3.05) is 13.7 Å². The first kappa shape index (κ1) is 12.0. The van der Waals surface area contributed by atoms with Gasteiger partial charge in [0.05, 0.1) is 16.3 Å². The summed E-state index contributed by atoms with van der Waals surface area (Å²) >= 11 is 5.10. The number of ether oxygens (including phenoxy) is 1. The van der Waals surface area contributed by atoms with Gasteiger partial charge in [-0.3, -0.25) is 0 Å². The number of halogens is 1.